The van der Waals surface area contributed by atoms with Gasteiger partial charge in [0, 0.05) is 18.8 Å². The van der Waals surface area contributed by atoms with E-state index in [1.807, 2.05) is 0 Å². The molecule has 1 aliphatic heterocycles. The predicted octanol–water partition coefficient (Wildman–Crippen LogP) is 3.05. The molecule has 0 atom stereocenters. The van der Waals surface area contributed by atoms with Crippen molar-refractivity contribution < 1.29 is 35.9 Å². The van der Waals surface area contributed by atoms with E-state index >= 15 is 0 Å². The number of carbonyl (C=O) groups is 1. The van der Waals surface area contributed by atoms with E-state index in [1.54, 1.807) is 6.92 Å². The van der Waals surface area contributed by atoms with E-state index in [-0.39, 0.29) is 23.7 Å². The summed E-state index contributed by atoms with van der Waals surface area (Å²) in [6.45, 7) is 2.51. The summed E-state index contributed by atoms with van der Waals surface area (Å²) < 4.78 is 75.1. The fraction of sp³-hybridized carbons (Fsp3) is 0.350. The number of anilines is 1. The van der Waals surface area contributed by atoms with Crippen molar-refractivity contribution in [3.63, 3.8) is 0 Å². The highest BCUT2D eigenvalue weighted by Gasteiger charge is 2.30. The van der Waals surface area contributed by atoms with Crippen LogP contribution in [0, 0.1) is 6.92 Å². The van der Waals surface area contributed by atoms with Crippen LogP contribution in [-0.2, 0) is 25.7 Å². The molecule has 0 saturated carbocycles. The Bertz CT molecular complexity index is 1030. The summed E-state index contributed by atoms with van der Waals surface area (Å²) in [6, 6.07) is 8.37. The summed E-state index contributed by atoms with van der Waals surface area (Å²) in [5, 5.41) is 2.44. The molecule has 168 valence electrons. The fourth-order valence-corrected chi connectivity index (χ4v) is 4.46. The Morgan fingerprint density at radius 3 is 2.35 bits per heavy atom. The number of benzene rings is 2. The highest BCUT2D eigenvalue weighted by molar-refractivity contribution is 7.89. The molecule has 1 N–H and O–H groups in total. The zero-order valence-electron chi connectivity index (χ0n) is 16.6. The van der Waals surface area contributed by atoms with Gasteiger partial charge in [-0.1, -0.05) is 0 Å². The van der Waals surface area contributed by atoms with E-state index < -0.39 is 34.3 Å². The number of sulfonamides is 1. The molecule has 1 amide bonds. The van der Waals surface area contributed by atoms with Crippen molar-refractivity contribution in [2.75, 3.05) is 38.2 Å². The molecule has 2 aromatic carbocycles. The number of alkyl halides is 3. The van der Waals surface area contributed by atoms with Crippen LogP contribution in [0.4, 0.5) is 18.9 Å². The minimum atomic E-state index is -4.45. The summed E-state index contributed by atoms with van der Waals surface area (Å²) in [5.74, 6) is -0.243. The Labute approximate surface area is 177 Å². The maximum absolute atomic E-state index is 12.7. The molecule has 0 radical (unpaired) electrons. The van der Waals surface area contributed by atoms with Crippen molar-refractivity contribution in [2.24, 2.45) is 0 Å². The van der Waals surface area contributed by atoms with Crippen LogP contribution in [-0.4, -0.2) is 51.5 Å². The van der Waals surface area contributed by atoms with E-state index in [1.165, 1.54) is 22.5 Å². The highest BCUT2D eigenvalue weighted by Crippen LogP contribution is 2.30. The van der Waals surface area contributed by atoms with Gasteiger partial charge < -0.3 is 14.8 Å². The van der Waals surface area contributed by atoms with Gasteiger partial charge in [0.1, 0.15) is 5.75 Å². The third-order valence-electron chi connectivity index (χ3n) is 4.61. The summed E-state index contributed by atoms with van der Waals surface area (Å²) in [4.78, 5) is 12.2. The zero-order valence-corrected chi connectivity index (χ0v) is 17.4. The van der Waals surface area contributed by atoms with E-state index in [0.717, 1.165) is 24.3 Å². The molecule has 0 aromatic heterocycles. The van der Waals surface area contributed by atoms with Gasteiger partial charge in [-0.05, 0) is 55.0 Å². The molecule has 0 unspecified atom stereocenters. The van der Waals surface area contributed by atoms with Crippen LogP contribution in [0.2, 0.25) is 0 Å². The van der Waals surface area contributed by atoms with Gasteiger partial charge in [-0.3, -0.25) is 4.79 Å². The molecule has 2 aromatic rings. The molecule has 0 bridgehead atoms. The number of morpholine rings is 1. The van der Waals surface area contributed by atoms with Crippen LogP contribution in [0.5, 0.6) is 5.75 Å². The first-order chi connectivity index (χ1) is 14.6. The normalized spacial score (nSPS) is 15.5. The van der Waals surface area contributed by atoms with E-state index in [9.17, 15) is 26.4 Å². The van der Waals surface area contributed by atoms with Crippen LogP contribution >= 0.6 is 0 Å². The van der Waals surface area contributed by atoms with Gasteiger partial charge in [0.15, 0.2) is 6.61 Å². The highest BCUT2D eigenvalue weighted by atomic mass is 32.2. The third-order valence-corrected chi connectivity index (χ3v) is 6.50. The number of rotatable bonds is 6. The molecule has 0 spiro atoms. The number of nitrogens with zero attached hydrogens (tertiary/aromatic N) is 1. The summed E-state index contributed by atoms with van der Waals surface area (Å²) in [5.41, 5.74) is -0.0913. The van der Waals surface area contributed by atoms with E-state index in [4.69, 9.17) is 9.47 Å². The second-order valence-electron chi connectivity index (χ2n) is 6.86. The largest absolute Gasteiger partial charge is 0.483 e. The van der Waals surface area contributed by atoms with E-state index in [2.05, 4.69) is 5.32 Å². The lowest BCUT2D eigenvalue weighted by atomic mass is 10.2. The van der Waals surface area contributed by atoms with Crippen molar-refractivity contribution in [1.29, 1.82) is 0 Å². The Kier molecular flexibility index (Phi) is 6.87. The number of ether oxygens (including phenoxy) is 2. The van der Waals surface area contributed by atoms with Crippen LogP contribution < -0.4 is 10.1 Å². The monoisotopic (exact) mass is 458 g/mol. The number of amides is 1. The second kappa shape index (κ2) is 9.25. The van der Waals surface area contributed by atoms with Gasteiger partial charge in [0.25, 0.3) is 5.91 Å². The summed E-state index contributed by atoms with van der Waals surface area (Å²) in [7, 11) is -3.65. The molecule has 1 saturated heterocycles. The van der Waals surface area contributed by atoms with Gasteiger partial charge in [0.2, 0.25) is 10.0 Å². The van der Waals surface area contributed by atoms with Crippen molar-refractivity contribution in [1.82, 2.24) is 4.31 Å². The Morgan fingerprint density at radius 2 is 1.77 bits per heavy atom. The number of hydrogen-bond acceptors (Lipinski definition) is 5. The fourth-order valence-electron chi connectivity index (χ4n) is 2.96. The van der Waals surface area contributed by atoms with Crippen LogP contribution in [0.25, 0.3) is 0 Å². The second-order valence-corrected chi connectivity index (χ2v) is 8.79. The number of hydrogen-bond donors (Lipinski definition) is 1. The lowest BCUT2D eigenvalue weighted by Gasteiger charge is -2.26. The van der Waals surface area contributed by atoms with Gasteiger partial charge in [-0.15, -0.1) is 0 Å². The minimum absolute atomic E-state index is 0.119. The maximum Gasteiger partial charge on any atom is 0.416 e. The minimum Gasteiger partial charge on any atom is -0.483 e. The van der Waals surface area contributed by atoms with Crippen molar-refractivity contribution in [3.05, 3.63) is 53.6 Å². The van der Waals surface area contributed by atoms with Gasteiger partial charge >= 0.3 is 6.18 Å². The van der Waals surface area contributed by atoms with Crippen LogP contribution in [0.15, 0.2) is 47.4 Å². The SMILES string of the molecule is Cc1cc(S(=O)(=O)N2CCOCC2)ccc1OCC(=O)Nc1ccc(C(F)(F)F)cc1. The number of halogens is 3. The lowest BCUT2D eigenvalue weighted by molar-refractivity contribution is -0.137. The van der Waals surface area contributed by atoms with Gasteiger partial charge in [0.05, 0.1) is 23.7 Å². The smallest absolute Gasteiger partial charge is 0.416 e. The Balaban J connectivity index is 1.59. The summed E-state index contributed by atoms with van der Waals surface area (Å²) >= 11 is 0. The first kappa shape index (κ1) is 23.0. The predicted molar refractivity (Wildman–Crippen MR) is 106 cm³/mol. The zero-order chi connectivity index (χ0) is 22.6. The van der Waals surface area contributed by atoms with Crippen LogP contribution in [0.3, 0.4) is 0 Å². The number of nitrogens with one attached hydrogen (secondary N) is 1. The molecule has 31 heavy (non-hydrogen) atoms. The van der Waals surface area contributed by atoms with Gasteiger partial charge in [-0.25, -0.2) is 8.42 Å². The Hall–Kier alpha value is -2.63. The maximum atomic E-state index is 12.7. The van der Waals surface area contributed by atoms with Crippen LogP contribution in [0.1, 0.15) is 11.1 Å². The molecule has 1 heterocycles. The molecule has 7 nitrogen and oxygen atoms in total. The molecule has 0 aliphatic carbocycles. The van der Waals surface area contributed by atoms with E-state index in [0.29, 0.717) is 24.5 Å². The van der Waals surface area contributed by atoms with Crippen molar-refractivity contribution in [2.45, 2.75) is 18.0 Å². The molecular formula is C20H21F3N2O5S. The lowest BCUT2D eigenvalue weighted by Crippen LogP contribution is -2.40. The topological polar surface area (TPSA) is 84.9 Å². The molecule has 1 fully saturated rings. The average molecular weight is 458 g/mol. The molecule has 11 heteroatoms. The van der Waals surface area contributed by atoms with Gasteiger partial charge in [-0.2, -0.15) is 17.5 Å². The standard InChI is InChI=1S/C20H21F3N2O5S/c1-14-12-17(31(27,28)25-8-10-29-11-9-25)6-7-18(14)30-13-19(26)24-16-4-2-15(3-5-16)20(21,22)23/h2-7,12H,8-11,13H2,1H3,(H,24,26). The molecule has 1 aliphatic rings. The first-order valence-electron chi connectivity index (χ1n) is 9.36. The van der Waals surface area contributed by atoms with Crippen molar-refractivity contribution in [3.8, 4) is 5.75 Å². The number of carbonyl (C=O) groups excluding carboxylic acids is 1. The Morgan fingerprint density at radius 1 is 1.13 bits per heavy atom. The number of aryl methyl sites for hydroxylation is 1. The summed E-state index contributed by atoms with van der Waals surface area (Å²) in [6.07, 6.45) is -4.45. The quantitative estimate of drug-likeness (QED) is 0.719. The average Bonchev–Trinajstić information content (AvgIpc) is 2.73. The molecule has 3 rings (SSSR count). The van der Waals surface area contributed by atoms with Crippen molar-refractivity contribution >= 4 is 21.6 Å². The molecular weight excluding hydrogens is 437 g/mol. The first-order valence-corrected chi connectivity index (χ1v) is 10.8. The third kappa shape index (κ3) is 5.75.